The molecule has 0 aliphatic carbocycles. The number of aromatic nitrogens is 1. The molecule has 2 amide bonds. The molecule has 2 aromatic rings. The van der Waals surface area contributed by atoms with Crippen LogP contribution >= 0.6 is 11.6 Å². The highest BCUT2D eigenvalue weighted by Crippen LogP contribution is 2.17. The van der Waals surface area contributed by atoms with Crippen molar-refractivity contribution in [3.8, 4) is 0 Å². The van der Waals surface area contributed by atoms with Gasteiger partial charge >= 0.3 is 0 Å². The average molecular weight is 375 g/mol. The molecule has 136 valence electrons. The first-order chi connectivity index (χ1) is 12.6. The zero-order chi connectivity index (χ0) is 18.4. The van der Waals surface area contributed by atoms with Crippen LogP contribution in [0.1, 0.15) is 10.4 Å². The number of rotatable bonds is 5. The second-order valence-electron chi connectivity index (χ2n) is 5.81. The van der Waals surface area contributed by atoms with Crippen molar-refractivity contribution in [1.29, 1.82) is 0 Å². The molecular formula is C18H19ClN4O3. The van der Waals surface area contributed by atoms with Gasteiger partial charge in [0, 0.05) is 30.7 Å². The third-order valence-corrected chi connectivity index (χ3v) is 4.20. The molecule has 7 nitrogen and oxygen atoms in total. The van der Waals surface area contributed by atoms with Crippen LogP contribution in [0.3, 0.4) is 0 Å². The van der Waals surface area contributed by atoms with Crippen molar-refractivity contribution in [2.45, 2.75) is 0 Å². The van der Waals surface area contributed by atoms with Gasteiger partial charge in [-0.1, -0.05) is 11.6 Å². The summed E-state index contributed by atoms with van der Waals surface area (Å²) in [4.78, 5) is 30.2. The standard InChI is InChI=1S/C18H19ClN4O3/c19-17-15(2-1-7-20-17)18(25)22-14-5-3-13(4-6-14)21-16(24)12-23-8-10-26-11-9-23/h1-7H,8-12H2,(H,21,24)(H,22,25). The summed E-state index contributed by atoms with van der Waals surface area (Å²) in [6.45, 7) is 3.16. The number of amides is 2. The van der Waals surface area contributed by atoms with Crippen LogP contribution in [0, 0.1) is 0 Å². The van der Waals surface area contributed by atoms with E-state index in [4.69, 9.17) is 16.3 Å². The topological polar surface area (TPSA) is 83.6 Å². The highest BCUT2D eigenvalue weighted by molar-refractivity contribution is 6.33. The minimum absolute atomic E-state index is 0.0779. The molecule has 0 saturated carbocycles. The predicted molar refractivity (Wildman–Crippen MR) is 99.5 cm³/mol. The minimum atomic E-state index is -0.341. The molecule has 0 bridgehead atoms. The number of anilines is 2. The van der Waals surface area contributed by atoms with Crippen LogP contribution in [0.25, 0.3) is 0 Å². The molecule has 26 heavy (non-hydrogen) atoms. The molecule has 8 heteroatoms. The van der Waals surface area contributed by atoms with Crippen molar-refractivity contribution in [2.75, 3.05) is 43.5 Å². The zero-order valence-electron chi connectivity index (χ0n) is 14.1. The lowest BCUT2D eigenvalue weighted by atomic mass is 10.2. The third-order valence-electron chi connectivity index (χ3n) is 3.90. The summed E-state index contributed by atoms with van der Waals surface area (Å²) in [5.74, 6) is -0.418. The lowest BCUT2D eigenvalue weighted by Gasteiger charge is -2.25. The molecule has 0 spiro atoms. The first kappa shape index (κ1) is 18.3. The van der Waals surface area contributed by atoms with Gasteiger partial charge < -0.3 is 15.4 Å². The molecule has 1 aromatic heterocycles. The van der Waals surface area contributed by atoms with E-state index in [2.05, 4.69) is 15.6 Å². The van der Waals surface area contributed by atoms with Gasteiger partial charge in [0.15, 0.2) is 0 Å². The maximum atomic E-state index is 12.2. The Morgan fingerprint density at radius 1 is 1.08 bits per heavy atom. The number of morpholine rings is 1. The minimum Gasteiger partial charge on any atom is -0.379 e. The number of carbonyl (C=O) groups excluding carboxylic acids is 2. The lowest BCUT2D eigenvalue weighted by Crippen LogP contribution is -2.41. The van der Waals surface area contributed by atoms with Gasteiger partial charge in [0.2, 0.25) is 5.91 Å². The van der Waals surface area contributed by atoms with Gasteiger partial charge in [-0.3, -0.25) is 14.5 Å². The maximum absolute atomic E-state index is 12.2. The molecule has 1 saturated heterocycles. The van der Waals surface area contributed by atoms with Gasteiger partial charge in [0.1, 0.15) is 5.15 Å². The Bertz CT molecular complexity index is 776. The molecular weight excluding hydrogens is 356 g/mol. The van der Waals surface area contributed by atoms with Gasteiger partial charge in [0.25, 0.3) is 5.91 Å². The number of halogens is 1. The summed E-state index contributed by atoms with van der Waals surface area (Å²) < 4.78 is 5.26. The van der Waals surface area contributed by atoms with E-state index in [0.29, 0.717) is 36.7 Å². The van der Waals surface area contributed by atoms with Gasteiger partial charge in [-0.05, 0) is 36.4 Å². The fourth-order valence-corrected chi connectivity index (χ4v) is 2.76. The number of hydrogen-bond acceptors (Lipinski definition) is 5. The van der Waals surface area contributed by atoms with E-state index in [1.54, 1.807) is 36.4 Å². The van der Waals surface area contributed by atoms with Crippen LogP contribution in [0.5, 0.6) is 0 Å². The van der Waals surface area contributed by atoms with Crippen molar-refractivity contribution >= 4 is 34.8 Å². The quantitative estimate of drug-likeness (QED) is 0.784. The molecule has 1 aliphatic rings. The van der Waals surface area contributed by atoms with Crippen molar-refractivity contribution in [3.05, 3.63) is 53.3 Å². The second-order valence-corrected chi connectivity index (χ2v) is 6.17. The van der Waals surface area contributed by atoms with Gasteiger partial charge in [-0.25, -0.2) is 4.98 Å². The van der Waals surface area contributed by atoms with Crippen LogP contribution in [0.15, 0.2) is 42.6 Å². The van der Waals surface area contributed by atoms with Crippen molar-refractivity contribution in [1.82, 2.24) is 9.88 Å². The summed E-state index contributed by atoms with van der Waals surface area (Å²) in [6.07, 6.45) is 1.52. The summed E-state index contributed by atoms with van der Waals surface area (Å²) in [7, 11) is 0. The highest BCUT2D eigenvalue weighted by atomic mass is 35.5. The summed E-state index contributed by atoms with van der Waals surface area (Å²) in [5.41, 5.74) is 1.57. The fourth-order valence-electron chi connectivity index (χ4n) is 2.55. The molecule has 0 radical (unpaired) electrons. The summed E-state index contributed by atoms with van der Waals surface area (Å²) in [6, 6.07) is 10.1. The predicted octanol–water partition coefficient (Wildman–Crippen LogP) is 2.26. The monoisotopic (exact) mass is 374 g/mol. The van der Waals surface area contributed by atoms with E-state index in [1.165, 1.54) is 6.20 Å². The Labute approximate surface area is 156 Å². The number of nitrogens with zero attached hydrogens (tertiary/aromatic N) is 2. The Hall–Kier alpha value is -2.48. The maximum Gasteiger partial charge on any atom is 0.258 e. The van der Waals surface area contributed by atoms with Crippen molar-refractivity contribution in [2.24, 2.45) is 0 Å². The highest BCUT2D eigenvalue weighted by Gasteiger charge is 2.14. The van der Waals surface area contributed by atoms with E-state index in [-0.39, 0.29) is 17.0 Å². The molecule has 1 aliphatic heterocycles. The largest absolute Gasteiger partial charge is 0.379 e. The van der Waals surface area contributed by atoms with Crippen LogP contribution < -0.4 is 10.6 Å². The van der Waals surface area contributed by atoms with Crippen molar-refractivity contribution < 1.29 is 14.3 Å². The molecule has 1 aromatic carbocycles. The average Bonchev–Trinajstić information content (AvgIpc) is 2.64. The molecule has 2 N–H and O–H groups in total. The number of ether oxygens (including phenoxy) is 1. The number of pyridine rings is 1. The Morgan fingerprint density at radius 3 is 2.38 bits per heavy atom. The number of carbonyl (C=O) groups is 2. The molecule has 0 unspecified atom stereocenters. The molecule has 0 atom stereocenters. The van der Waals surface area contributed by atoms with Crippen LogP contribution in [-0.4, -0.2) is 54.5 Å². The van der Waals surface area contributed by atoms with E-state index >= 15 is 0 Å². The lowest BCUT2D eigenvalue weighted by molar-refractivity contribution is -0.118. The zero-order valence-corrected chi connectivity index (χ0v) is 14.8. The second kappa shape index (κ2) is 8.75. The van der Waals surface area contributed by atoms with Crippen molar-refractivity contribution in [3.63, 3.8) is 0 Å². The normalized spacial score (nSPS) is 14.7. The van der Waals surface area contributed by atoms with Gasteiger partial charge in [-0.15, -0.1) is 0 Å². The first-order valence-corrected chi connectivity index (χ1v) is 8.61. The van der Waals surface area contributed by atoms with E-state index < -0.39 is 0 Å². The summed E-state index contributed by atoms with van der Waals surface area (Å²) in [5, 5.41) is 5.74. The first-order valence-electron chi connectivity index (χ1n) is 8.24. The molecule has 3 rings (SSSR count). The van der Waals surface area contributed by atoms with Gasteiger partial charge in [0.05, 0.1) is 25.3 Å². The molecule has 1 fully saturated rings. The third kappa shape index (κ3) is 5.01. The van der Waals surface area contributed by atoms with Crippen LogP contribution in [0.2, 0.25) is 5.15 Å². The fraction of sp³-hybridized carbons (Fsp3) is 0.278. The van der Waals surface area contributed by atoms with Crippen LogP contribution in [-0.2, 0) is 9.53 Å². The summed E-state index contributed by atoms with van der Waals surface area (Å²) >= 11 is 5.92. The van der Waals surface area contributed by atoms with Gasteiger partial charge in [-0.2, -0.15) is 0 Å². The van der Waals surface area contributed by atoms with E-state index in [9.17, 15) is 9.59 Å². The molecule has 2 heterocycles. The van der Waals surface area contributed by atoms with E-state index in [1.807, 2.05) is 4.90 Å². The van der Waals surface area contributed by atoms with E-state index in [0.717, 1.165) is 13.1 Å². The number of nitrogens with one attached hydrogen (secondary N) is 2. The SMILES string of the molecule is O=C(CN1CCOCC1)Nc1ccc(NC(=O)c2cccnc2Cl)cc1. The Balaban J connectivity index is 1.54. The smallest absolute Gasteiger partial charge is 0.258 e. The number of hydrogen-bond donors (Lipinski definition) is 2. The number of benzene rings is 1. The van der Waals surface area contributed by atoms with Crippen LogP contribution in [0.4, 0.5) is 11.4 Å². The Kier molecular flexibility index (Phi) is 6.17. The Morgan fingerprint density at radius 2 is 1.73 bits per heavy atom.